The van der Waals surface area contributed by atoms with Crippen molar-refractivity contribution in [3.63, 3.8) is 0 Å². The van der Waals surface area contributed by atoms with Crippen molar-refractivity contribution >= 4 is 5.97 Å². The Hall–Kier alpha value is -0.650. The molecule has 5 nitrogen and oxygen atoms in total. The quantitative estimate of drug-likeness (QED) is 0.220. The minimum atomic E-state index is -0.962. The van der Waals surface area contributed by atoms with Crippen LogP contribution in [0.4, 0.5) is 0 Å². The molecule has 5 heteroatoms. The van der Waals surface area contributed by atoms with Crippen LogP contribution < -0.4 is 0 Å². The summed E-state index contributed by atoms with van der Waals surface area (Å²) in [5.41, 5.74) is 0. The van der Waals surface area contributed by atoms with Crippen LogP contribution in [0.25, 0.3) is 0 Å². The molecule has 0 aliphatic rings. The predicted molar refractivity (Wildman–Crippen MR) is 105 cm³/mol. The average molecular weight is 375 g/mol. The van der Waals surface area contributed by atoms with Crippen molar-refractivity contribution in [2.24, 2.45) is 0 Å². The summed E-state index contributed by atoms with van der Waals surface area (Å²) in [4.78, 5) is 11.4. The summed E-state index contributed by atoms with van der Waals surface area (Å²) in [6, 6.07) is 0. The molecule has 0 aliphatic heterocycles. The molecule has 0 saturated heterocycles. The Bertz CT molecular complexity index is 296. The highest BCUT2D eigenvalue weighted by Crippen LogP contribution is 2.13. The fourth-order valence-electron chi connectivity index (χ4n) is 2.99. The molecule has 0 spiro atoms. The van der Waals surface area contributed by atoms with Gasteiger partial charge in [-0.2, -0.15) is 0 Å². The van der Waals surface area contributed by atoms with Crippen LogP contribution in [-0.4, -0.2) is 47.2 Å². The van der Waals surface area contributed by atoms with Crippen molar-refractivity contribution in [1.82, 2.24) is 0 Å². The number of aliphatic hydroxyl groups excluding tert-OH is 3. The Kier molecular flexibility index (Phi) is 20.1. The van der Waals surface area contributed by atoms with Gasteiger partial charge in [0.05, 0.1) is 6.61 Å². The van der Waals surface area contributed by atoms with Gasteiger partial charge in [0.25, 0.3) is 0 Å². The van der Waals surface area contributed by atoms with Gasteiger partial charge in [0.1, 0.15) is 12.7 Å². The lowest BCUT2D eigenvalue weighted by molar-refractivity contribution is -0.147. The number of rotatable bonds is 20. The Balaban J connectivity index is 3.12. The smallest absolute Gasteiger partial charge is 0.305 e. The second-order valence-electron chi connectivity index (χ2n) is 7.30. The predicted octanol–water partition coefficient (Wildman–Crippen LogP) is 4.12. The van der Waals surface area contributed by atoms with E-state index in [0.29, 0.717) is 13.0 Å². The number of hydrogen-bond donors (Lipinski definition) is 3. The van der Waals surface area contributed by atoms with E-state index in [2.05, 4.69) is 0 Å². The van der Waals surface area contributed by atoms with Crippen LogP contribution in [0.1, 0.15) is 103 Å². The van der Waals surface area contributed by atoms with Crippen LogP contribution in [-0.2, 0) is 9.53 Å². The largest absolute Gasteiger partial charge is 0.463 e. The van der Waals surface area contributed by atoms with Gasteiger partial charge >= 0.3 is 5.97 Å². The first-order valence-electron chi connectivity index (χ1n) is 10.8. The molecule has 0 radical (unpaired) electrons. The minimum absolute atomic E-state index is 0.112. The van der Waals surface area contributed by atoms with Gasteiger partial charge in [-0.25, -0.2) is 0 Å². The van der Waals surface area contributed by atoms with E-state index < -0.39 is 6.10 Å². The second kappa shape index (κ2) is 20.7. The number of hydrogen-bond acceptors (Lipinski definition) is 5. The zero-order valence-corrected chi connectivity index (χ0v) is 16.7. The van der Waals surface area contributed by atoms with E-state index in [-0.39, 0.29) is 19.2 Å². The molecule has 0 aliphatic carbocycles. The number of aliphatic hydroxyl groups is 3. The molecule has 0 aromatic carbocycles. The zero-order chi connectivity index (χ0) is 19.3. The van der Waals surface area contributed by atoms with Gasteiger partial charge in [0, 0.05) is 13.0 Å². The summed E-state index contributed by atoms with van der Waals surface area (Å²) in [5.74, 6) is -0.286. The summed E-state index contributed by atoms with van der Waals surface area (Å²) >= 11 is 0. The lowest BCUT2D eigenvalue weighted by Crippen LogP contribution is -2.21. The zero-order valence-electron chi connectivity index (χ0n) is 16.7. The summed E-state index contributed by atoms with van der Waals surface area (Å²) in [5, 5.41) is 26.4. The maximum absolute atomic E-state index is 11.4. The highest BCUT2D eigenvalue weighted by molar-refractivity contribution is 5.69. The van der Waals surface area contributed by atoms with Crippen molar-refractivity contribution in [3.8, 4) is 0 Å². The summed E-state index contributed by atoms with van der Waals surface area (Å²) in [6.45, 7) is -0.152. The molecule has 0 rings (SSSR count). The first kappa shape index (κ1) is 25.4. The lowest BCUT2D eigenvalue weighted by atomic mass is 10.0. The van der Waals surface area contributed by atoms with Crippen molar-refractivity contribution in [3.05, 3.63) is 0 Å². The van der Waals surface area contributed by atoms with E-state index in [0.717, 1.165) is 19.3 Å². The van der Waals surface area contributed by atoms with E-state index in [1.54, 1.807) is 0 Å². The van der Waals surface area contributed by atoms with Crippen molar-refractivity contribution < 1.29 is 24.9 Å². The number of carbonyl (C=O) groups is 1. The minimum Gasteiger partial charge on any atom is -0.463 e. The number of carbonyl (C=O) groups excluding carboxylic acids is 1. The molecule has 0 aromatic heterocycles. The third-order valence-electron chi connectivity index (χ3n) is 4.69. The van der Waals surface area contributed by atoms with Crippen molar-refractivity contribution in [2.45, 2.75) is 109 Å². The van der Waals surface area contributed by atoms with Gasteiger partial charge < -0.3 is 20.1 Å². The Morgan fingerprint density at radius 1 is 0.654 bits per heavy atom. The fourth-order valence-corrected chi connectivity index (χ4v) is 2.99. The van der Waals surface area contributed by atoms with Gasteiger partial charge in [-0.3, -0.25) is 4.79 Å². The molecular weight excluding hydrogens is 332 g/mol. The van der Waals surface area contributed by atoms with E-state index in [1.165, 1.54) is 77.0 Å². The van der Waals surface area contributed by atoms with E-state index in [1.807, 2.05) is 0 Å². The maximum Gasteiger partial charge on any atom is 0.305 e. The molecule has 3 N–H and O–H groups in total. The van der Waals surface area contributed by atoms with Crippen molar-refractivity contribution in [1.29, 1.82) is 0 Å². The molecule has 1 unspecified atom stereocenters. The normalized spacial score (nSPS) is 12.3. The molecular formula is C21H42O5. The molecule has 0 fully saturated rings. The third-order valence-corrected chi connectivity index (χ3v) is 4.69. The Morgan fingerprint density at radius 3 is 1.42 bits per heavy atom. The third kappa shape index (κ3) is 19.7. The van der Waals surface area contributed by atoms with Gasteiger partial charge in [-0.15, -0.1) is 0 Å². The van der Waals surface area contributed by atoms with Gasteiger partial charge in [0.15, 0.2) is 0 Å². The SMILES string of the molecule is O=C(CCCCCCCCCCCCCCCCCO)OCC(O)CO. The van der Waals surface area contributed by atoms with E-state index in [9.17, 15) is 4.79 Å². The van der Waals surface area contributed by atoms with Crippen LogP contribution >= 0.6 is 0 Å². The summed E-state index contributed by atoms with van der Waals surface area (Å²) in [7, 11) is 0. The van der Waals surface area contributed by atoms with E-state index >= 15 is 0 Å². The Labute approximate surface area is 160 Å². The standard InChI is InChI=1S/C21H42O5/c22-17-15-13-11-9-7-5-3-1-2-4-6-8-10-12-14-16-21(25)26-19-20(24)18-23/h20,22-24H,1-19H2. The highest BCUT2D eigenvalue weighted by atomic mass is 16.5. The van der Waals surface area contributed by atoms with Gasteiger partial charge in [-0.05, 0) is 12.8 Å². The molecule has 0 aromatic rings. The van der Waals surface area contributed by atoms with E-state index in [4.69, 9.17) is 20.1 Å². The highest BCUT2D eigenvalue weighted by Gasteiger charge is 2.07. The molecule has 0 bridgehead atoms. The number of ether oxygens (including phenoxy) is 1. The van der Waals surface area contributed by atoms with Crippen LogP contribution in [0, 0.1) is 0 Å². The van der Waals surface area contributed by atoms with Gasteiger partial charge in [0.2, 0.25) is 0 Å². The first-order valence-corrected chi connectivity index (χ1v) is 10.8. The van der Waals surface area contributed by atoms with Crippen LogP contribution in [0.5, 0.6) is 0 Å². The molecule has 0 heterocycles. The van der Waals surface area contributed by atoms with Crippen LogP contribution in [0.3, 0.4) is 0 Å². The fraction of sp³-hybridized carbons (Fsp3) is 0.952. The molecule has 156 valence electrons. The second-order valence-corrected chi connectivity index (χ2v) is 7.30. The topological polar surface area (TPSA) is 87.0 Å². The lowest BCUT2D eigenvalue weighted by Gasteiger charge is -2.08. The molecule has 0 saturated carbocycles. The molecule has 26 heavy (non-hydrogen) atoms. The average Bonchev–Trinajstić information content (AvgIpc) is 2.65. The number of unbranched alkanes of at least 4 members (excludes halogenated alkanes) is 14. The van der Waals surface area contributed by atoms with Crippen LogP contribution in [0.2, 0.25) is 0 Å². The maximum atomic E-state index is 11.4. The van der Waals surface area contributed by atoms with Crippen LogP contribution in [0.15, 0.2) is 0 Å². The summed E-state index contributed by atoms with van der Waals surface area (Å²) < 4.78 is 4.86. The molecule has 1 atom stereocenters. The Morgan fingerprint density at radius 2 is 1.04 bits per heavy atom. The molecule has 0 amide bonds. The first-order chi connectivity index (χ1) is 12.7. The monoisotopic (exact) mass is 374 g/mol. The van der Waals surface area contributed by atoms with Crippen molar-refractivity contribution in [2.75, 3.05) is 19.8 Å². The number of esters is 1. The summed E-state index contributed by atoms with van der Waals surface area (Å²) in [6.07, 6.45) is 17.8. The van der Waals surface area contributed by atoms with Gasteiger partial charge in [-0.1, -0.05) is 83.5 Å².